The average molecular weight is 355 g/mol. The quantitative estimate of drug-likeness (QED) is 0.569. The normalized spacial score (nSPS) is 26.8. The van der Waals surface area contributed by atoms with E-state index in [0.29, 0.717) is 39.0 Å². The molecule has 0 bridgehead atoms. The van der Waals surface area contributed by atoms with Crippen LogP contribution in [0.25, 0.3) is 0 Å². The molecule has 2 atom stereocenters. The number of carbonyl (C=O) groups excluding carboxylic acids is 3. The maximum atomic E-state index is 12.4. The molecule has 0 aromatic carbocycles. The molecule has 1 saturated carbocycles. The Morgan fingerprint density at radius 3 is 2.24 bits per heavy atom. The van der Waals surface area contributed by atoms with Crippen molar-refractivity contribution >= 4 is 18.0 Å². The molecule has 0 aromatic heterocycles. The minimum atomic E-state index is -0.791. The van der Waals surface area contributed by atoms with Gasteiger partial charge in [0.25, 0.3) is 0 Å². The molecule has 1 aliphatic heterocycles. The van der Waals surface area contributed by atoms with Crippen molar-refractivity contribution in [2.45, 2.75) is 52.6 Å². The van der Waals surface area contributed by atoms with Crippen LogP contribution in [0.2, 0.25) is 0 Å². The molecule has 25 heavy (non-hydrogen) atoms. The lowest BCUT2D eigenvalue weighted by atomic mass is 9.79. The van der Waals surface area contributed by atoms with Gasteiger partial charge in [-0.15, -0.1) is 0 Å². The van der Waals surface area contributed by atoms with E-state index in [0.717, 1.165) is 0 Å². The van der Waals surface area contributed by atoms with Crippen LogP contribution in [-0.4, -0.2) is 55.3 Å². The maximum absolute atomic E-state index is 12.4. The summed E-state index contributed by atoms with van der Waals surface area (Å²) in [5.74, 6) is -1.10. The fraction of sp³-hybridized carbons (Fsp3) is 0.833. The van der Waals surface area contributed by atoms with E-state index in [1.165, 1.54) is 7.11 Å². The molecule has 0 N–H and O–H groups in total. The molecule has 0 spiro atoms. The van der Waals surface area contributed by atoms with Crippen LogP contribution in [0.15, 0.2) is 0 Å². The molecule has 0 radical (unpaired) electrons. The van der Waals surface area contributed by atoms with Crippen LogP contribution in [0.5, 0.6) is 0 Å². The number of nitrogens with zero attached hydrogens (tertiary/aromatic N) is 1. The Bertz CT molecular complexity index is 532. The second-order valence-electron chi connectivity index (χ2n) is 7.78. The van der Waals surface area contributed by atoms with Crippen LogP contribution in [0.4, 0.5) is 4.79 Å². The van der Waals surface area contributed by atoms with Gasteiger partial charge in [0.1, 0.15) is 5.60 Å². The van der Waals surface area contributed by atoms with Crippen molar-refractivity contribution in [3.05, 3.63) is 0 Å². The number of amides is 1. The van der Waals surface area contributed by atoms with E-state index in [1.807, 2.05) is 20.8 Å². The summed E-state index contributed by atoms with van der Waals surface area (Å²) >= 11 is 0. The van der Waals surface area contributed by atoms with Crippen molar-refractivity contribution in [2.24, 2.45) is 17.3 Å². The third kappa shape index (κ3) is 4.07. The zero-order valence-corrected chi connectivity index (χ0v) is 15.8. The monoisotopic (exact) mass is 355 g/mol. The SMILES string of the molecule is CCOC(=O)C1CC1(C(=O)OC)C1CCN(C(=O)OC(C)(C)C)CC1. The van der Waals surface area contributed by atoms with Gasteiger partial charge in [0, 0.05) is 13.1 Å². The highest BCUT2D eigenvalue weighted by Gasteiger charge is 2.69. The first-order chi connectivity index (χ1) is 11.7. The van der Waals surface area contributed by atoms with E-state index < -0.39 is 16.9 Å². The number of hydrogen-bond donors (Lipinski definition) is 0. The third-order valence-electron chi connectivity index (χ3n) is 5.02. The number of methoxy groups -OCH3 is 1. The van der Waals surface area contributed by atoms with Crippen molar-refractivity contribution in [1.29, 1.82) is 0 Å². The summed E-state index contributed by atoms with van der Waals surface area (Å²) in [5, 5.41) is 0. The predicted molar refractivity (Wildman–Crippen MR) is 89.7 cm³/mol. The van der Waals surface area contributed by atoms with Crippen LogP contribution in [0, 0.1) is 17.3 Å². The van der Waals surface area contributed by atoms with E-state index in [1.54, 1.807) is 11.8 Å². The zero-order valence-electron chi connectivity index (χ0n) is 15.8. The number of esters is 2. The van der Waals surface area contributed by atoms with Crippen molar-refractivity contribution in [1.82, 2.24) is 4.90 Å². The summed E-state index contributed by atoms with van der Waals surface area (Å²) in [6.45, 7) is 8.55. The van der Waals surface area contributed by atoms with Crippen LogP contribution in [0.1, 0.15) is 47.0 Å². The lowest BCUT2D eigenvalue weighted by Crippen LogP contribution is -2.45. The number of ether oxygens (including phenoxy) is 3. The van der Waals surface area contributed by atoms with Gasteiger partial charge in [0.05, 0.1) is 25.0 Å². The molecule has 0 aromatic rings. The summed E-state index contributed by atoms with van der Waals surface area (Å²) in [4.78, 5) is 38.3. The highest BCUT2D eigenvalue weighted by Crippen LogP contribution is 2.61. The first-order valence-electron chi connectivity index (χ1n) is 8.88. The lowest BCUT2D eigenvalue weighted by Gasteiger charge is -2.36. The Kier molecular flexibility index (Phi) is 5.64. The Morgan fingerprint density at radius 2 is 1.76 bits per heavy atom. The van der Waals surface area contributed by atoms with Gasteiger partial charge in [-0.2, -0.15) is 0 Å². The topological polar surface area (TPSA) is 82.1 Å². The summed E-state index contributed by atoms with van der Waals surface area (Å²) in [7, 11) is 1.35. The minimum Gasteiger partial charge on any atom is -0.469 e. The molecule has 1 heterocycles. The van der Waals surface area contributed by atoms with E-state index in [4.69, 9.17) is 14.2 Å². The van der Waals surface area contributed by atoms with E-state index in [2.05, 4.69) is 0 Å². The van der Waals surface area contributed by atoms with Gasteiger partial charge in [0.15, 0.2) is 0 Å². The molecule has 2 aliphatic rings. The Hall–Kier alpha value is -1.79. The van der Waals surface area contributed by atoms with Gasteiger partial charge in [-0.1, -0.05) is 0 Å². The lowest BCUT2D eigenvalue weighted by molar-refractivity contribution is -0.157. The number of likely N-dealkylation sites (tertiary alicyclic amines) is 1. The number of piperidine rings is 1. The highest BCUT2D eigenvalue weighted by molar-refractivity contribution is 5.91. The standard InChI is InChI=1S/C18H29NO6/c1-6-24-14(20)13-11-18(13,15(21)23-5)12-7-9-19(10-8-12)16(22)25-17(2,3)4/h12-13H,6-11H2,1-5H3. The van der Waals surface area contributed by atoms with E-state index >= 15 is 0 Å². The van der Waals surface area contributed by atoms with Crippen LogP contribution >= 0.6 is 0 Å². The van der Waals surface area contributed by atoms with Crippen LogP contribution < -0.4 is 0 Å². The summed E-state index contributed by atoms with van der Waals surface area (Å²) in [6.07, 6.45) is 1.42. The van der Waals surface area contributed by atoms with Gasteiger partial charge < -0.3 is 19.1 Å². The van der Waals surface area contributed by atoms with Gasteiger partial charge in [-0.05, 0) is 52.9 Å². The van der Waals surface area contributed by atoms with Crippen molar-refractivity contribution < 1.29 is 28.6 Å². The first-order valence-corrected chi connectivity index (χ1v) is 8.88. The molecule has 1 aliphatic carbocycles. The van der Waals surface area contributed by atoms with Gasteiger partial charge in [-0.3, -0.25) is 9.59 Å². The predicted octanol–water partition coefficient (Wildman–Crippen LogP) is 2.38. The summed E-state index contributed by atoms with van der Waals surface area (Å²) < 4.78 is 15.5. The number of hydrogen-bond acceptors (Lipinski definition) is 6. The number of carbonyl (C=O) groups is 3. The minimum absolute atomic E-state index is 0.00745. The average Bonchev–Trinajstić information content (AvgIpc) is 3.30. The molecular weight excluding hydrogens is 326 g/mol. The second-order valence-corrected chi connectivity index (χ2v) is 7.78. The smallest absolute Gasteiger partial charge is 0.410 e. The van der Waals surface area contributed by atoms with E-state index in [9.17, 15) is 14.4 Å². The van der Waals surface area contributed by atoms with Crippen molar-refractivity contribution in [2.75, 3.05) is 26.8 Å². The van der Waals surface area contributed by atoms with Crippen molar-refractivity contribution in [3.8, 4) is 0 Å². The highest BCUT2D eigenvalue weighted by atomic mass is 16.6. The third-order valence-corrected chi connectivity index (χ3v) is 5.02. The van der Waals surface area contributed by atoms with Crippen molar-refractivity contribution in [3.63, 3.8) is 0 Å². The second kappa shape index (κ2) is 7.22. The molecule has 7 nitrogen and oxygen atoms in total. The summed E-state index contributed by atoms with van der Waals surface area (Å²) in [5.41, 5.74) is -1.33. The Labute approximate surface area is 149 Å². The van der Waals surface area contributed by atoms with Gasteiger partial charge in [0.2, 0.25) is 0 Å². The molecule has 1 saturated heterocycles. The largest absolute Gasteiger partial charge is 0.469 e. The number of rotatable bonds is 4. The van der Waals surface area contributed by atoms with Gasteiger partial charge in [-0.25, -0.2) is 4.79 Å². The molecule has 2 fully saturated rings. The Morgan fingerprint density at radius 1 is 1.16 bits per heavy atom. The molecule has 1 amide bonds. The van der Waals surface area contributed by atoms with Crippen LogP contribution in [0.3, 0.4) is 0 Å². The Balaban J connectivity index is 2.01. The first kappa shape index (κ1) is 19.5. The molecule has 2 rings (SSSR count). The fourth-order valence-corrected chi connectivity index (χ4v) is 3.75. The fourth-order valence-electron chi connectivity index (χ4n) is 3.75. The molecule has 2 unspecified atom stereocenters. The molecule has 142 valence electrons. The zero-order chi connectivity index (χ0) is 18.8. The molecule has 7 heteroatoms. The summed E-state index contributed by atoms with van der Waals surface area (Å²) in [6, 6.07) is 0. The maximum Gasteiger partial charge on any atom is 0.410 e. The van der Waals surface area contributed by atoms with Crippen LogP contribution in [-0.2, 0) is 23.8 Å². The van der Waals surface area contributed by atoms with Gasteiger partial charge >= 0.3 is 18.0 Å². The van der Waals surface area contributed by atoms with E-state index in [-0.39, 0.29) is 23.9 Å². The molecular formula is C18H29NO6.